The normalized spacial score (nSPS) is 20.4. The Morgan fingerprint density at radius 3 is 1.30 bits per heavy atom. The summed E-state index contributed by atoms with van der Waals surface area (Å²) in [7, 11) is 7.32. The van der Waals surface area contributed by atoms with Crippen LogP contribution in [0, 0.1) is 23.7 Å². The molecule has 20 rings (SSSR count). The molecule has 1 unspecified atom stereocenters. The minimum Gasteiger partial charge on any atom is -0.488 e. The van der Waals surface area contributed by atoms with Crippen molar-refractivity contribution in [3.63, 3.8) is 0 Å². The van der Waals surface area contributed by atoms with Crippen LogP contribution < -0.4 is 30.7 Å². The second kappa shape index (κ2) is 37.6. The van der Waals surface area contributed by atoms with Gasteiger partial charge in [0.1, 0.15) is 66.1 Å². The summed E-state index contributed by atoms with van der Waals surface area (Å²) >= 11 is 0. The highest BCUT2D eigenvalue weighted by Gasteiger charge is 2.52. The largest absolute Gasteiger partial charge is 0.488 e. The number of carbonyl (C=O) groups is 8. The number of H-pyrrole nitrogens is 4. The number of benzene rings is 8. The Bertz CT molecular complexity index is 6360. The van der Waals surface area contributed by atoms with Crippen LogP contribution >= 0.6 is 0 Å². The van der Waals surface area contributed by atoms with E-state index in [9.17, 15) is 38.4 Å². The van der Waals surface area contributed by atoms with Gasteiger partial charge in [0.05, 0.1) is 98.5 Å². The van der Waals surface area contributed by atoms with Gasteiger partial charge in [-0.2, -0.15) is 0 Å². The van der Waals surface area contributed by atoms with E-state index in [0.29, 0.717) is 61.3 Å². The zero-order valence-corrected chi connectivity index (χ0v) is 75.0. The number of rotatable bonds is 20. The number of aliphatic carboxylic acids is 1. The van der Waals surface area contributed by atoms with Crippen LogP contribution in [0.15, 0.2) is 182 Å². The van der Waals surface area contributed by atoms with Crippen molar-refractivity contribution < 1.29 is 71.9 Å². The second-order valence-corrected chi connectivity index (χ2v) is 36.0. The number of carbonyl (C=O) groups excluding carboxylic acids is 7. The fourth-order valence-electron chi connectivity index (χ4n) is 20.7. The molecule has 4 aromatic heterocycles. The number of amides is 7. The smallest absolute Gasteiger partial charge is 0.407 e. The fourth-order valence-corrected chi connectivity index (χ4v) is 20.7. The predicted octanol–water partition coefficient (Wildman–Crippen LogP) is 16.9. The van der Waals surface area contributed by atoms with Crippen LogP contribution in [0.5, 0.6) is 11.5 Å². The number of ether oxygens (including phenoxy) is 6. The van der Waals surface area contributed by atoms with Crippen LogP contribution in [-0.4, -0.2) is 185 Å². The van der Waals surface area contributed by atoms with Gasteiger partial charge in [-0.15, -0.1) is 0 Å². The third-order valence-corrected chi connectivity index (χ3v) is 27.4. The van der Waals surface area contributed by atoms with Crippen molar-refractivity contribution in [2.75, 3.05) is 48.6 Å². The number of aromatic amines is 4. The van der Waals surface area contributed by atoms with E-state index in [0.717, 1.165) is 174 Å². The molecule has 10 heterocycles. The van der Waals surface area contributed by atoms with Gasteiger partial charge in [0.15, 0.2) is 6.04 Å². The van der Waals surface area contributed by atoms with Crippen molar-refractivity contribution in [3.05, 3.63) is 228 Å². The van der Waals surface area contributed by atoms with Gasteiger partial charge >= 0.3 is 30.3 Å². The Balaban J connectivity index is 0.000000155. The molecule has 9 N–H and O–H groups in total. The van der Waals surface area contributed by atoms with Gasteiger partial charge in [0, 0.05) is 36.3 Å². The van der Waals surface area contributed by atoms with E-state index in [4.69, 9.17) is 48.7 Å². The monoisotopic (exact) mass is 1780 g/mol. The fraction of sp³-hybridized carbons (Fsp3) is 0.366. The summed E-state index contributed by atoms with van der Waals surface area (Å²) in [6, 6.07) is 53.1. The molecule has 4 saturated heterocycles. The van der Waals surface area contributed by atoms with Gasteiger partial charge < -0.3 is 89.4 Å². The Labute approximate surface area is 762 Å². The van der Waals surface area contributed by atoms with Gasteiger partial charge in [-0.1, -0.05) is 149 Å². The second-order valence-electron chi connectivity index (χ2n) is 36.0. The van der Waals surface area contributed by atoms with E-state index in [2.05, 4.69) is 161 Å². The average molecular weight is 1790 g/mol. The van der Waals surface area contributed by atoms with E-state index in [-0.39, 0.29) is 59.6 Å². The van der Waals surface area contributed by atoms with Gasteiger partial charge in [0.2, 0.25) is 11.8 Å². The number of fused-ring (bicyclic) bond motifs is 12. The molecule has 8 aliphatic rings. The summed E-state index contributed by atoms with van der Waals surface area (Å²) in [6.45, 7) is 9.70. The number of methoxy groups -OCH3 is 4. The SMILES string of the molecule is COC(=O)N[C@@H](C(=O)O)c1ccccc1.COC(=O)N[C@H](C(=O)N1CCCC1c1ncc(-c2ccc3c(c2)COc2cc(-c4ccc5nc([C@@H]6[C@H]7CC[C@H](C7)N6C(=O)[C@H](NC(=O)OC)c6ccccc6)[nH]c5c4)ccc2-3)[nH]1)C(C)C.COC(=O)N[C@H](C(=O)N1CCC[C@H]1c1ncc(-c2ccc3c(c2)COc2cc(-c4ccc5nc([C@@H]6[C@H]7CC[C@H](C7)N6C)[nH]c5c4)ccc2-3)[nH]1)C(C)C. The summed E-state index contributed by atoms with van der Waals surface area (Å²) in [5.74, 6) is 4.17. The molecule has 31 nitrogen and oxygen atoms in total. The summed E-state index contributed by atoms with van der Waals surface area (Å²) in [5.41, 5.74) is 19.4. The van der Waals surface area contributed by atoms with Gasteiger partial charge in [0.25, 0.3) is 5.91 Å². The summed E-state index contributed by atoms with van der Waals surface area (Å²) in [5, 5.41) is 19.3. The highest BCUT2D eigenvalue weighted by molar-refractivity contribution is 5.92. The average Bonchev–Trinajstić information content (AvgIpc) is 1.56. The van der Waals surface area contributed by atoms with Gasteiger partial charge in [-0.3, -0.25) is 19.3 Å². The molecular weight excluding hydrogens is 1680 g/mol. The molecule has 682 valence electrons. The van der Waals surface area contributed by atoms with Crippen molar-refractivity contribution in [3.8, 4) is 78.5 Å². The first-order valence-corrected chi connectivity index (χ1v) is 45.3. The van der Waals surface area contributed by atoms with Crippen LogP contribution in [0.4, 0.5) is 19.2 Å². The molecule has 2 aliphatic carbocycles. The van der Waals surface area contributed by atoms with E-state index >= 15 is 0 Å². The molecule has 31 heteroatoms. The van der Waals surface area contributed by atoms with E-state index in [1.54, 1.807) is 30.3 Å². The minimum absolute atomic E-state index is 0.0620. The number of aromatic nitrogens is 8. The number of nitrogens with one attached hydrogen (secondary N) is 8. The lowest BCUT2D eigenvalue weighted by molar-refractivity contribution is -0.140. The third-order valence-electron chi connectivity index (χ3n) is 27.4. The number of carboxylic acids is 1. The minimum atomic E-state index is -1.13. The number of piperidine rings is 2. The summed E-state index contributed by atoms with van der Waals surface area (Å²) in [4.78, 5) is 142. The first kappa shape index (κ1) is 88.3. The topological polar surface area (TPSA) is 388 Å². The molecule has 2 saturated carbocycles. The number of nitrogens with zero attached hydrogens (tertiary/aromatic N) is 8. The van der Waals surface area contributed by atoms with Crippen LogP contribution in [0.25, 0.3) is 89.1 Å². The molecule has 8 aromatic carbocycles. The quantitative estimate of drug-likeness (QED) is 0.0320. The molecule has 7 amide bonds. The van der Waals surface area contributed by atoms with Crippen LogP contribution in [-0.2, 0) is 51.3 Å². The Hall–Kier alpha value is -14.4. The molecule has 0 spiro atoms. The molecule has 12 aromatic rings. The van der Waals surface area contributed by atoms with Gasteiger partial charge in [-0.05, 0) is 210 Å². The van der Waals surface area contributed by atoms with Crippen molar-refractivity contribution in [1.29, 1.82) is 0 Å². The molecule has 132 heavy (non-hydrogen) atoms. The highest BCUT2D eigenvalue weighted by atomic mass is 16.6. The molecule has 6 aliphatic heterocycles. The predicted molar refractivity (Wildman–Crippen MR) is 493 cm³/mol. The Kier molecular flexibility index (Phi) is 25.2. The van der Waals surface area contributed by atoms with Crippen molar-refractivity contribution >= 4 is 70.1 Å². The summed E-state index contributed by atoms with van der Waals surface area (Å²) < 4.78 is 31.6. The number of likely N-dealkylation sites (tertiary alicyclic amines) is 4. The third kappa shape index (κ3) is 17.6. The number of hydrogen-bond donors (Lipinski definition) is 9. The number of imidazole rings is 4. The Morgan fingerprint density at radius 2 is 0.841 bits per heavy atom. The number of carboxylic acid groups (broad SMARTS) is 1. The van der Waals surface area contributed by atoms with Crippen LogP contribution in [0.2, 0.25) is 0 Å². The lowest BCUT2D eigenvalue weighted by Crippen LogP contribution is -2.51. The zero-order valence-electron chi connectivity index (χ0n) is 75.0. The van der Waals surface area contributed by atoms with Crippen molar-refractivity contribution in [1.82, 2.24) is 80.7 Å². The van der Waals surface area contributed by atoms with Crippen LogP contribution in [0.3, 0.4) is 0 Å². The van der Waals surface area contributed by atoms with Gasteiger partial charge in [-0.25, -0.2) is 43.9 Å². The number of alkyl carbamates (subject to hydrolysis) is 4. The first-order chi connectivity index (χ1) is 64.0. The maximum absolute atomic E-state index is 14.4. The lowest BCUT2D eigenvalue weighted by Gasteiger charge is -2.36. The van der Waals surface area contributed by atoms with Crippen LogP contribution in [0.1, 0.15) is 174 Å². The molecule has 0 radical (unpaired) electrons. The number of hydrogen-bond acceptors (Lipinski definition) is 19. The Morgan fingerprint density at radius 1 is 0.432 bits per heavy atom. The lowest BCUT2D eigenvalue weighted by atomic mass is 9.92. The standard InChI is InChI=1S/C50H52N8O7.C41H45N7O4.C10H11NO4/c1-27(2)42(55-49(61)63-3)47(59)57-20-8-11-40(57)45-51-25-39(54-45)31-14-17-35-33(21-31)26-65-41-24-30(13-18-36(35)41)29-15-19-37-38(23-29)53-46(52-37)44-32-12-16-34(22-32)58(44)48(60)43(56-50(62)64-4)28-9-6-5-7-10-28;1-22(2)36(46-41(50)51-4)40(49)48-15-5-6-34(48)38-42-20-33(45-38)25-9-12-29-27(16-25)21-52-35-19-24(8-13-30(29)35)23-10-14-31-32(18-23)44-39(43-31)37-26-7-11-28(17-26)47(37)3;1-15-10(14)11-8(9(12)13)7-5-3-2-4-6-7/h5-7,9-10,13-15,17-19,21,23-25,27,32,34,40,42-44H,8,11-12,16,20,22,26H2,1-4H3,(H,51,54)(H,52,53)(H,55,61)(H,56,62);8-10,12-14,16,18-20,22,26,28,34,36-37H,5-7,11,15,17,21H2,1-4H3,(H,42,45)(H,43,44)(H,46,50);2-6,8H,1H3,(H,11,14)(H,12,13)/t32-,34+,40?,42-,43+,44-;26-,28+,34-,36-,37-;8-/m001/s1. The molecule has 12 atom stereocenters. The van der Waals surface area contributed by atoms with Crippen molar-refractivity contribution in [2.24, 2.45) is 23.7 Å². The van der Waals surface area contributed by atoms with E-state index in [1.165, 1.54) is 47.7 Å². The maximum Gasteiger partial charge on any atom is 0.407 e. The maximum atomic E-state index is 14.4. The van der Waals surface area contributed by atoms with E-state index < -0.39 is 54.5 Å². The summed E-state index contributed by atoms with van der Waals surface area (Å²) in [6.07, 6.45) is 11.0. The molecule has 4 bridgehead atoms. The molecule has 6 fully saturated rings. The zero-order chi connectivity index (χ0) is 91.9. The highest BCUT2D eigenvalue weighted by Crippen LogP contribution is 2.53. The first-order valence-electron chi connectivity index (χ1n) is 45.3. The molecular formula is C101H108N16O15. The van der Waals surface area contributed by atoms with Crippen molar-refractivity contribution in [2.45, 2.75) is 166 Å². The van der Waals surface area contributed by atoms with E-state index in [1.807, 2.05) is 91.2 Å².